The van der Waals surface area contributed by atoms with E-state index in [1.807, 2.05) is 0 Å². The van der Waals surface area contributed by atoms with E-state index in [-0.39, 0.29) is 0 Å². The van der Waals surface area contributed by atoms with Crippen molar-refractivity contribution >= 4 is 12.1 Å². The van der Waals surface area contributed by atoms with E-state index in [1.54, 1.807) is 0 Å². The van der Waals surface area contributed by atoms with E-state index in [0.29, 0.717) is 13.2 Å². The van der Waals surface area contributed by atoms with Gasteiger partial charge in [-0.15, -0.1) is 0 Å². The number of rotatable bonds is 1. The third-order valence-electron chi connectivity index (χ3n) is 0.881. The average molecular weight is 178 g/mol. The van der Waals surface area contributed by atoms with Crippen LogP contribution in [0.1, 0.15) is 6.92 Å². The van der Waals surface area contributed by atoms with Crippen LogP contribution in [0, 0.1) is 0 Å². The summed E-state index contributed by atoms with van der Waals surface area (Å²) in [6.07, 6.45) is -1.78. The van der Waals surface area contributed by atoms with Crippen molar-refractivity contribution in [3.05, 3.63) is 0 Å². The van der Waals surface area contributed by atoms with Crippen LogP contribution in [0.25, 0.3) is 0 Å². The van der Waals surface area contributed by atoms with Gasteiger partial charge in [0.25, 0.3) is 0 Å². The predicted molar refractivity (Wildman–Crippen MR) is 36.6 cm³/mol. The van der Waals surface area contributed by atoms with E-state index >= 15 is 0 Å². The van der Waals surface area contributed by atoms with Crippen LogP contribution in [0.4, 0.5) is 4.79 Å². The SMILES string of the molecule is CC(O)C(=O)O.O=C1OCCO1. The van der Waals surface area contributed by atoms with Crippen LogP contribution in [0.3, 0.4) is 0 Å². The molecule has 6 heteroatoms. The van der Waals surface area contributed by atoms with Crippen LogP contribution in [0.15, 0.2) is 0 Å². The largest absolute Gasteiger partial charge is 0.508 e. The molecule has 1 fully saturated rings. The lowest BCUT2D eigenvalue weighted by molar-refractivity contribution is -0.145. The Bertz CT molecular complexity index is 153. The number of carbonyl (C=O) groups is 2. The molecule has 0 aromatic carbocycles. The highest BCUT2D eigenvalue weighted by Gasteiger charge is 2.09. The van der Waals surface area contributed by atoms with Gasteiger partial charge in [0.2, 0.25) is 0 Å². The Labute approximate surface area is 68.7 Å². The molecule has 1 unspecified atom stereocenters. The lowest BCUT2D eigenvalue weighted by atomic mass is 10.4. The van der Waals surface area contributed by atoms with Crippen LogP contribution < -0.4 is 0 Å². The van der Waals surface area contributed by atoms with E-state index in [4.69, 9.17) is 10.2 Å². The second kappa shape index (κ2) is 5.36. The van der Waals surface area contributed by atoms with E-state index < -0.39 is 18.2 Å². The molecule has 0 amide bonds. The number of carbonyl (C=O) groups excluding carboxylic acids is 1. The molecule has 1 rings (SSSR count). The molecule has 0 aromatic heterocycles. The molecule has 0 saturated carbocycles. The van der Waals surface area contributed by atoms with Crippen molar-refractivity contribution in [2.75, 3.05) is 13.2 Å². The summed E-state index contributed by atoms with van der Waals surface area (Å²) < 4.78 is 8.58. The molecule has 0 aromatic rings. The van der Waals surface area contributed by atoms with Crippen LogP contribution in [-0.4, -0.2) is 41.7 Å². The molecule has 0 spiro atoms. The van der Waals surface area contributed by atoms with Gasteiger partial charge in [0.05, 0.1) is 0 Å². The lowest BCUT2D eigenvalue weighted by Crippen LogP contribution is -2.13. The zero-order chi connectivity index (χ0) is 9.56. The maximum absolute atomic E-state index is 9.80. The molecule has 1 atom stereocenters. The van der Waals surface area contributed by atoms with Crippen LogP contribution in [-0.2, 0) is 14.3 Å². The van der Waals surface area contributed by atoms with E-state index in [9.17, 15) is 9.59 Å². The van der Waals surface area contributed by atoms with Gasteiger partial charge in [0.1, 0.15) is 19.3 Å². The second-order valence-electron chi connectivity index (χ2n) is 1.96. The molecular weight excluding hydrogens is 168 g/mol. The van der Waals surface area contributed by atoms with Crippen LogP contribution in [0.2, 0.25) is 0 Å². The maximum atomic E-state index is 9.80. The third kappa shape index (κ3) is 5.48. The molecule has 0 radical (unpaired) electrons. The summed E-state index contributed by atoms with van der Waals surface area (Å²) >= 11 is 0. The summed E-state index contributed by atoms with van der Waals surface area (Å²) in [6, 6.07) is 0. The van der Waals surface area contributed by atoms with Crippen molar-refractivity contribution in [1.29, 1.82) is 0 Å². The number of hydrogen-bond acceptors (Lipinski definition) is 5. The molecule has 0 aliphatic carbocycles. The molecule has 70 valence electrons. The first-order chi connectivity index (χ1) is 5.54. The summed E-state index contributed by atoms with van der Waals surface area (Å²) in [6.45, 7) is 2.03. The van der Waals surface area contributed by atoms with E-state index in [1.165, 1.54) is 6.92 Å². The molecule has 1 aliphatic rings. The number of aliphatic carboxylic acids is 1. The molecule has 1 heterocycles. The minimum Gasteiger partial charge on any atom is -0.479 e. The molecule has 2 N–H and O–H groups in total. The number of carboxylic acid groups (broad SMARTS) is 1. The fourth-order valence-electron chi connectivity index (χ4n) is 0.292. The summed E-state index contributed by atoms with van der Waals surface area (Å²) in [5.41, 5.74) is 0. The summed E-state index contributed by atoms with van der Waals surface area (Å²) in [5, 5.41) is 15.8. The highest BCUT2D eigenvalue weighted by Crippen LogP contribution is 1.92. The fraction of sp³-hybridized carbons (Fsp3) is 0.667. The van der Waals surface area contributed by atoms with Gasteiger partial charge in [-0.2, -0.15) is 0 Å². The van der Waals surface area contributed by atoms with Crippen LogP contribution in [0.5, 0.6) is 0 Å². The van der Waals surface area contributed by atoms with Gasteiger partial charge in [0.15, 0.2) is 0 Å². The van der Waals surface area contributed by atoms with Crippen molar-refractivity contribution in [3.8, 4) is 0 Å². The summed E-state index contributed by atoms with van der Waals surface area (Å²) in [7, 11) is 0. The highest BCUT2D eigenvalue weighted by molar-refractivity contribution is 5.71. The van der Waals surface area contributed by atoms with Crippen LogP contribution >= 0.6 is 0 Å². The van der Waals surface area contributed by atoms with Crippen molar-refractivity contribution in [2.45, 2.75) is 13.0 Å². The van der Waals surface area contributed by atoms with Gasteiger partial charge in [-0.25, -0.2) is 9.59 Å². The van der Waals surface area contributed by atoms with Crippen molar-refractivity contribution in [3.63, 3.8) is 0 Å². The molecule has 6 nitrogen and oxygen atoms in total. The number of aliphatic hydroxyl groups is 1. The maximum Gasteiger partial charge on any atom is 0.508 e. The number of cyclic esters (lactones) is 2. The van der Waals surface area contributed by atoms with Crippen molar-refractivity contribution in [1.82, 2.24) is 0 Å². The number of carboxylic acids is 1. The molecule has 1 saturated heterocycles. The van der Waals surface area contributed by atoms with E-state index in [2.05, 4.69) is 9.47 Å². The van der Waals surface area contributed by atoms with Gasteiger partial charge in [0, 0.05) is 0 Å². The van der Waals surface area contributed by atoms with Gasteiger partial charge < -0.3 is 19.7 Å². The van der Waals surface area contributed by atoms with Crippen molar-refractivity contribution in [2.24, 2.45) is 0 Å². The fourth-order valence-corrected chi connectivity index (χ4v) is 0.292. The quantitative estimate of drug-likeness (QED) is 0.531. The Balaban J connectivity index is 0.000000202. The Morgan fingerprint density at radius 2 is 1.83 bits per heavy atom. The zero-order valence-electron chi connectivity index (χ0n) is 6.52. The minimum atomic E-state index is -1.23. The second-order valence-corrected chi connectivity index (χ2v) is 1.96. The smallest absolute Gasteiger partial charge is 0.479 e. The number of ether oxygens (including phenoxy) is 2. The van der Waals surface area contributed by atoms with E-state index in [0.717, 1.165) is 0 Å². The van der Waals surface area contributed by atoms with Gasteiger partial charge in [-0.05, 0) is 6.92 Å². The molecular formula is C6H10O6. The third-order valence-corrected chi connectivity index (χ3v) is 0.881. The first-order valence-electron chi connectivity index (χ1n) is 3.24. The Morgan fingerprint density at radius 1 is 1.50 bits per heavy atom. The topological polar surface area (TPSA) is 93.1 Å². The van der Waals surface area contributed by atoms with Gasteiger partial charge in [-0.1, -0.05) is 0 Å². The summed E-state index contributed by atoms with van der Waals surface area (Å²) in [5.74, 6) is -1.19. The monoisotopic (exact) mass is 178 g/mol. The predicted octanol–water partition coefficient (Wildman–Crippen LogP) is -0.395. The highest BCUT2D eigenvalue weighted by atomic mass is 16.8. The zero-order valence-corrected chi connectivity index (χ0v) is 6.52. The number of hydrogen-bond donors (Lipinski definition) is 2. The average Bonchev–Trinajstić information content (AvgIpc) is 2.40. The first-order valence-corrected chi connectivity index (χ1v) is 3.24. The normalized spacial score (nSPS) is 16.7. The van der Waals surface area contributed by atoms with Gasteiger partial charge in [-0.3, -0.25) is 0 Å². The minimum absolute atomic E-state index is 0.416. The lowest BCUT2D eigenvalue weighted by Gasteiger charge is -1.89. The Kier molecular flexibility index (Phi) is 4.78. The van der Waals surface area contributed by atoms with Crippen molar-refractivity contribution < 1.29 is 29.3 Å². The summed E-state index contributed by atoms with van der Waals surface area (Å²) in [4.78, 5) is 19.2. The molecule has 12 heavy (non-hydrogen) atoms. The Hall–Kier alpha value is -1.30. The first kappa shape index (κ1) is 10.7. The number of aliphatic hydroxyl groups excluding tert-OH is 1. The molecule has 0 bridgehead atoms. The standard InChI is InChI=1S/C3H4O3.C3H6O3/c4-3-5-1-2-6-3;1-2(4)3(5)6/h1-2H2;2,4H,1H3,(H,5,6). The molecule has 1 aliphatic heterocycles. The van der Waals surface area contributed by atoms with Gasteiger partial charge >= 0.3 is 12.1 Å². The Morgan fingerprint density at radius 3 is 1.92 bits per heavy atom.